The van der Waals surface area contributed by atoms with Gasteiger partial charge in [-0.05, 0) is 35.2 Å². The second kappa shape index (κ2) is 5.95. The molecule has 1 aliphatic rings. The van der Waals surface area contributed by atoms with E-state index in [0.717, 1.165) is 25.7 Å². The highest BCUT2D eigenvalue weighted by atomic mass is 79.9. The zero-order chi connectivity index (χ0) is 14.0. The minimum atomic E-state index is -3.55. The fraction of sp³-hybridized carbons (Fsp3) is 0.667. The van der Waals surface area contributed by atoms with Gasteiger partial charge in [-0.3, -0.25) is 0 Å². The highest BCUT2D eigenvalue weighted by molar-refractivity contribution is 9.10. The monoisotopic (exact) mass is 351 g/mol. The quantitative estimate of drug-likeness (QED) is 0.819. The van der Waals surface area contributed by atoms with Gasteiger partial charge in [0.15, 0.2) is 4.67 Å². The molecule has 0 atom stereocenters. The van der Waals surface area contributed by atoms with E-state index in [9.17, 15) is 8.42 Å². The largest absolute Gasteiger partial charge is 0.450 e. The summed E-state index contributed by atoms with van der Waals surface area (Å²) in [6.45, 7) is 2.26. The Bertz CT molecular complexity index is 536. The standard InChI is InChI=1S/C12H18BrNO4S/c1-2-3-6-14(9-4-5-9)19(16,17)11-7-10(8-15)18-12(11)13/h7,9,15H,2-6,8H2,1H3. The Morgan fingerprint density at radius 2 is 2.21 bits per heavy atom. The molecule has 0 amide bonds. The molecule has 1 aromatic heterocycles. The summed E-state index contributed by atoms with van der Waals surface area (Å²) in [5.74, 6) is 0.247. The number of aliphatic hydroxyl groups is 1. The molecule has 0 aliphatic heterocycles. The molecule has 0 unspecified atom stereocenters. The first-order valence-electron chi connectivity index (χ1n) is 6.41. The number of hydrogen-bond donors (Lipinski definition) is 1. The molecule has 19 heavy (non-hydrogen) atoms. The van der Waals surface area contributed by atoms with Crippen LogP contribution < -0.4 is 0 Å². The lowest BCUT2D eigenvalue weighted by molar-refractivity contribution is 0.245. The van der Waals surface area contributed by atoms with Crippen LogP contribution in [0, 0.1) is 0 Å². The third kappa shape index (κ3) is 3.21. The number of sulfonamides is 1. The maximum absolute atomic E-state index is 12.6. The molecule has 1 N–H and O–H groups in total. The minimum absolute atomic E-state index is 0.111. The van der Waals surface area contributed by atoms with Gasteiger partial charge in [-0.2, -0.15) is 4.31 Å². The topological polar surface area (TPSA) is 70.8 Å². The first kappa shape index (κ1) is 15.0. The predicted octanol–water partition coefficient (Wildman–Crippen LogP) is 2.49. The number of hydrogen-bond acceptors (Lipinski definition) is 4. The van der Waals surface area contributed by atoms with E-state index < -0.39 is 10.0 Å². The fourth-order valence-corrected chi connectivity index (χ4v) is 4.64. The van der Waals surface area contributed by atoms with Crippen molar-refractivity contribution >= 4 is 26.0 Å². The summed E-state index contributed by atoms with van der Waals surface area (Å²) < 4.78 is 32.1. The van der Waals surface area contributed by atoms with Crippen LogP contribution in [-0.2, 0) is 16.6 Å². The van der Waals surface area contributed by atoms with Crippen molar-refractivity contribution in [1.29, 1.82) is 0 Å². The first-order chi connectivity index (χ1) is 9.00. The summed E-state index contributed by atoms with van der Waals surface area (Å²) in [5, 5.41) is 9.02. The van der Waals surface area contributed by atoms with E-state index in [4.69, 9.17) is 9.52 Å². The van der Waals surface area contributed by atoms with Gasteiger partial charge < -0.3 is 9.52 Å². The van der Waals surface area contributed by atoms with Crippen LogP contribution >= 0.6 is 15.9 Å². The number of halogens is 1. The Balaban J connectivity index is 2.30. The van der Waals surface area contributed by atoms with E-state index >= 15 is 0 Å². The van der Waals surface area contributed by atoms with Crippen LogP contribution in [0.15, 0.2) is 20.0 Å². The molecule has 1 fully saturated rings. The average Bonchev–Trinajstić information content (AvgIpc) is 3.11. The summed E-state index contributed by atoms with van der Waals surface area (Å²) >= 11 is 3.12. The Morgan fingerprint density at radius 3 is 2.68 bits per heavy atom. The Labute approximate surface area is 121 Å². The smallest absolute Gasteiger partial charge is 0.247 e. The van der Waals surface area contributed by atoms with Crippen molar-refractivity contribution in [3.63, 3.8) is 0 Å². The van der Waals surface area contributed by atoms with E-state index in [-0.39, 0.29) is 28.0 Å². The molecular weight excluding hydrogens is 334 g/mol. The maximum atomic E-state index is 12.6. The van der Waals surface area contributed by atoms with Crippen LogP contribution in [0.4, 0.5) is 0 Å². The number of nitrogens with zero attached hydrogens (tertiary/aromatic N) is 1. The summed E-state index contributed by atoms with van der Waals surface area (Å²) in [5.41, 5.74) is 0. The lowest BCUT2D eigenvalue weighted by Gasteiger charge is -2.20. The van der Waals surface area contributed by atoms with Gasteiger partial charge in [0.2, 0.25) is 10.0 Å². The van der Waals surface area contributed by atoms with E-state index in [1.165, 1.54) is 6.07 Å². The Morgan fingerprint density at radius 1 is 1.53 bits per heavy atom. The van der Waals surface area contributed by atoms with E-state index in [2.05, 4.69) is 15.9 Å². The highest BCUT2D eigenvalue weighted by Gasteiger charge is 2.39. The van der Waals surface area contributed by atoms with E-state index in [1.807, 2.05) is 6.92 Å². The Hall–Kier alpha value is -0.370. The van der Waals surface area contributed by atoms with Crippen molar-refractivity contribution in [3.05, 3.63) is 16.5 Å². The fourth-order valence-electron chi connectivity index (χ4n) is 1.95. The van der Waals surface area contributed by atoms with Gasteiger partial charge >= 0.3 is 0 Å². The molecule has 1 saturated carbocycles. The molecular formula is C12H18BrNO4S. The van der Waals surface area contributed by atoms with Crippen LogP contribution in [-0.4, -0.2) is 30.4 Å². The molecule has 0 radical (unpaired) electrons. The summed E-state index contributed by atoms with van der Waals surface area (Å²) in [6, 6.07) is 1.51. The molecule has 108 valence electrons. The third-order valence-corrected chi connectivity index (χ3v) is 5.94. The van der Waals surface area contributed by atoms with Crippen molar-refractivity contribution in [2.75, 3.05) is 6.54 Å². The number of furan rings is 1. The minimum Gasteiger partial charge on any atom is -0.450 e. The molecule has 1 heterocycles. The van der Waals surface area contributed by atoms with Crippen molar-refractivity contribution in [2.45, 2.75) is 50.2 Å². The van der Waals surface area contributed by atoms with Crippen LogP contribution in [0.5, 0.6) is 0 Å². The number of aliphatic hydroxyl groups excluding tert-OH is 1. The van der Waals surface area contributed by atoms with Gasteiger partial charge in [-0.1, -0.05) is 13.3 Å². The lowest BCUT2D eigenvalue weighted by Crippen LogP contribution is -2.34. The number of rotatable bonds is 7. The van der Waals surface area contributed by atoms with E-state index in [1.54, 1.807) is 4.31 Å². The second-order valence-electron chi connectivity index (χ2n) is 4.71. The maximum Gasteiger partial charge on any atom is 0.247 e. The van der Waals surface area contributed by atoms with Gasteiger partial charge in [-0.15, -0.1) is 0 Å². The lowest BCUT2D eigenvalue weighted by atomic mass is 10.3. The summed E-state index contributed by atoms with van der Waals surface area (Å²) in [6.07, 6.45) is 3.64. The molecule has 1 aromatic rings. The highest BCUT2D eigenvalue weighted by Crippen LogP contribution is 2.35. The normalized spacial score (nSPS) is 16.2. The van der Waals surface area contributed by atoms with Gasteiger partial charge in [-0.25, -0.2) is 8.42 Å². The first-order valence-corrected chi connectivity index (χ1v) is 8.65. The zero-order valence-electron chi connectivity index (χ0n) is 10.8. The molecule has 0 spiro atoms. The number of unbranched alkanes of at least 4 members (excludes halogenated alkanes) is 1. The van der Waals surface area contributed by atoms with Crippen LogP contribution in [0.25, 0.3) is 0 Å². The molecule has 7 heteroatoms. The van der Waals surface area contributed by atoms with Gasteiger partial charge in [0.05, 0.1) is 0 Å². The van der Waals surface area contributed by atoms with Gasteiger partial charge in [0.1, 0.15) is 17.3 Å². The zero-order valence-corrected chi connectivity index (χ0v) is 13.2. The van der Waals surface area contributed by atoms with Crippen LogP contribution in [0.2, 0.25) is 0 Å². The van der Waals surface area contributed by atoms with Crippen LogP contribution in [0.1, 0.15) is 38.4 Å². The summed E-state index contributed by atoms with van der Waals surface area (Å²) in [4.78, 5) is 0.111. The molecule has 2 rings (SSSR count). The predicted molar refractivity (Wildman–Crippen MR) is 74.2 cm³/mol. The van der Waals surface area contributed by atoms with Crippen LogP contribution in [0.3, 0.4) is 0 Å². The SMILES string of the molecule is CCCCN(C1CC1)S(=O)(=O)c1cc(CO)oc1Br. The second-order valence-corrected chi connectivity index (χ2v) is 7.29. The van der Waals surface area contributed by atoms with Gasteiger partial charge in [0.25, 0.3) is 0 Å². The third-order valence-electron chi connectivity index (χ3n) is 3.14. The van der Waals surface area contributed by atoms with Crippen molar-refractivity contribution < 1.29 is 17.9 Å². The average molecular weight is 352 g/mol. The molecule has 1 aliphatic carbocycles. The molecule has 5 nitrogen and oxygen atoms in total. The summed E-state index contributed by atoms with van der Waals surface area (Å²) in [7, 11) is -3.55. The van der Waals surface area contributed by atoms with E-state index in [0.29, 0.717) is 6.54 Å². The van der Waals surface area contributed by atoms with Crippen molar-refractivity contribution in [3.8, 4) is 0 Å². The molecule has 0 bridgehead atoms. The van der Waals surface area contributed by atoms with Crippen molar-refractivity contribution in [1.82, 2.24) is 4.31 Å². The Kier molecular flexibility index (Phi) is 4.70. The molecule has 0 saturated heterocycles. The van der Waals surface area contributed by atoms with Gasteiger partial charge in [0, 0.05) is 18.7 Å². The molecule has 0 aromatic carbocycles. The van der Waals surface area contributed by atoms with Crippen molar-refractivity contribution in [2.24, 2.45) is 0 Å².